The number of hydrogen-bond donors (Lipinski definition) is 0. The molecule has 0 spiro atoms. The zero-order chi connectivity index (χ0) is 14.7. The molecule has 2 fully saturated rings. The SMILES string of the molecule is C[C@@H]1CN(C2CCN(Cc3ccncc3)CC2)C[C@H](C)O1. The fraction of sp³-hybridized carbons (Fsp3) is 0.706. The van der Waals surface area contributed by atoms with Crippen molar-refractivity contribution in [3.8, 4) is 0 Å². The van der Waals surface area contributed by atoms with Crippen LogP contribution in [0.25, 0.3) is 0 Å². The second-order valence-corrected chi connectivity index (χ2v) is 6.57. The van der Waals surface area contributed by atoms with Gasteiger partial charge in [0.05, 0.1) is 12.2 Å². The Balaban J connectivity index is 1.48. The molecule has 0 amide bonds. The summed E-state index contributed by atoms with van der Waals surface area (Å²) in [6.45, 7) is 10.0. The number of ether oxygens (including phenoxy) is 1. The average molecular weight is 289 g/mol. The lowest BCUT2D eigenvalue weighted by molar-refractivity contribution is -0.0865. The summed E-state index contributed by atoms with van der Waals surface area (Å²) < 4.78 is 5.85. The zero-order valence-electron chi connectivity index (χ0n) is 13.2. The molecular weight excluding hydrogens is 262 g/mol. The Hall–Kier alpha value is -0.970. The number of rotatable bonds is 3. The van der Waals surface area contributed by atoms with Crippen LogP contribution in [0, 0.1) is 0 Å². The quantitative estimate of drug-likeness (QED) is 0.852. The molecule has 3 heterocycles. The van der Waals surface area contributed by atoms with E-state index in [2.05, 4.69) is 40.8 Å². The molecule has 3 rings (SSSR count). The summed E-state index contributed by atoms with van der Waals surface area (Å²) in [6.07, 6.45) is 7.10. The van der Waals surface area contributed by atoms with Crippen LogP contribution in [0.1, 0.15) is 32.3 Å². The van der Waals surface area contributed by atoms with Crippen LogP contribution in [-0.2, 0) is 11.3 Å². The number of likely N-dealkylation sites (tertiary alicyclic amines) is 1. The smallest absolute Gasteiger partial charge is 0.0678 e. The molecule has 2 aliphatic rings. The minimum Gasteiger partial charge on any atom is -0.373 e. The van der Waals surface area contributed by atoms with E-state index < -0.39 is 0 Å². The predicted molar refractivity (Wildman–Crippen MR) is 84.1 cm³/mol. The normalized spacial score (nSPS) is 29.6. The summed E-state index contributed by atoms with van der Waals surface area (Å²) in [4.78, 5) is 9.31. The van der Waals surface area contributed by atoms with Crippen LogP contribution >= 0.6 is 0 Å². The highest BCUT2D eigenvalue weighted by Gasteiger charge is 2.30. The average Bonchev–Trinajstić information content (AvgIpc) is 2.48. The first kappa shape index (κ1) is 14.9. The molecule has 21 heavy (non-hydrogen) atoms. The van der Waals surface area contributed by atoms with Gasteiger partial charge in [0.1, 0.15) is 0 Å². The highest BCUT2D eigenvalue weighted by molar-refractivity contribution is 5.09. The van der Waals surface area contributed by atoms with Crippen molar-refractivity contribution >= 4 is 0 Å². The summed E-state index contributed by atoms with van der Waals surface area (Å²) >= 11 is 0. The van der Waals surface area contributed by atoms with E-state index in [9.17, 15) is 0 Å². The van der Waals surface area contributed by atoms with Gasteiger partial charge in [-0.3, -0.25) is 14.8 Å². The first-order valence-electron chi connectivity index (χ1n) is 8.21. The van der Waals surface area contributed by atoms with E-state index in [-0.39, 0.29) is 0 Å². The summed E-state index contributed by atoms with van der Waals surface area (Å²) in [6, 6.07) is 4.99. The van der Waals surface area contributed by atoms with E-state index in [4.69, 9.17) is 4.74 Å². The van der Waals surface area contributed by atoms with E-state index in [1.54, 1.807) is 0 Å². The van der Waals surface area contributed by atoms with Crippen LogP contribution in [0.15, 0.2) is 24.5 Å². The summed E-state index contributed by atoms with van der Waals surface area (Å²) in [5.74, 6) is 0. The van der Waals surface area contributed by atoms with Crippen molar-refractivity contribution in [2.75, 3.05) is 26.2 Å². The van der Waals surface area contributed by atoms with Gasteiger partial charge >= 0.3 is 0 Å². The molecule has 0 aromatic carbocycles. The van der Waals surface area contributed by atoms with Crippen molar-refractivity contribution in [2.24, 2.45) is 0 Å². The van der Waals surface area contributed by atoms with Gasteiger partial charge in [0.15, 0.2) is 0 Å². The Morgan fingerprint density at radius 3 is 2.33 bits per heavy atom. The van der Waals surface area contributed by atoms with Crippen molar-refractivity contribution in [3.05, 3.63) is 30.1 Å². The zero-order valence-corrected chi connectivity index (χ0v) is 13.2. The van der Waals surface area contributed by atoms with Crippen LogP contribution < -0.4 is 0 Å². The molecular formula is C17H27N3O. The number of aromatic nitrogens is 1. The number of nitrogens with zero attached hydrogens (tertiary/aromatic N) is 3. The third-order valence-electron chi connectivity index (χ3n) is 4.68. The Morgan fingerprint density at radius 2 is 1.71 bits per heavy atom. The predicted octanol–water partition coefficient (Wildman–Crippen LogP) is 2.16. The minimum absolute atomic E-state index is 0.378. The van der Waals surface area contributed by atoms with Crippen molar-refractivity contribution in [1.82, 2.24) is 14.8 Å². The Bertz CT molecular complexity index is 421. The van der Waals surface area contributed by atoms with E-state index in [1.165, 1.54) is 31.5 Å². The monoisotopic (exact) mass is 289 g/mol. The molecule has 0 saturated carbocycles. The Labute approximate surface area is 128 Å². The van der Waals surface area contributed by atoms with E-state index >= 15 is 0 Å². The summed E-state index contributed by atoms with van der Waals surface area (Å²) in [5, 5.41) is 0. The topological polar surface area (TPSA) is 28.6 Å². The number of hydrogen-bond acceptors (Lipinski definition) is 4. The third kappa shape index (κ3) is 4.02. The molecule has 4 nitrogen and oxygen atoms in total. The van der Waals surface area contributed by atoms with Crippen molar-refractivity contribution < 1.29 is 4.74 Å². The highest BCUT2D eigenvalue weighted by atomic mass is 16.5. The largest absolute Gasteiger partial charge is 0.373 e. The molecule has 2 aliphatic heterocycles. The van der Waals surface area contributed by atoms with Crippen LogP contribution in [0.3, 0.4) is 0 Å². The van der Waals surface area contributed by atoms with Crippen LogP contribution in [-0.4, -0.2) is 59.2 Å². The lowest BCUT2D eigenvalue weighted by atomic mass is 10.0. The second-order valence-electron chi connectivity index (χ2n) is 6.57. The van der Waals surface area contributed by atoms with Gasteiger partial charge in [-0.05, 0) is 57.5 Å². The fourth-order valence-electron chi connectivity index (χ4n) is 3.70. The fourth-order valence-corrected chi connectivity index (χ4v) is 3.70. The molecule has 2 saturated heterocycles. The maximum absolute atomic E-state index is 5.85. The second kappa shape index (κ2) is 6.86. The lowest BCUT2D eigenvalue weighted by Crippen LogP contribution is -2.53. The molecule has 0 bridgehead atoms. The van der Waals surface area contributed by atoms with Gasteiger partial charge in [-0.25, -0.2) is 0 Å². The third-order valence-corrected chi connectivity index (χ3v) is 4.68. The molecule has 0 radical (unpaired) electrons. The number of pyridine rings is 1. The molecule has 1 aromatic rings. The Morgan fingerprint density at radius 1 is 1.10 bits per heavy atom. The molecule has 0 N–H and O–H groups in total. The first-order valence-corrected chi connectivity index (χ1v) is 8.21. The maximum atomic E-state index is 5.85. The Kier molecular flexibility index (Phi) is 4.88. The van der Waals surface area contributed by atoms with Gasteiger partial charge in [0.25, 0.3) is 0 Å². The molecule has 0 aliphatic carbocycles. The van der Waals surface area contributed by atoms with E-state index in [0.29, 0.717) is 12.2 Å². The maximum Gasteiger partial charge on any atom is 0.0678 e. The van der Waals surface area contributed by atoms with Crippen LogP contribution in [0.5, 0.6) is 0 Å². The molecule has 4 heteroatoms. The van der Waals surface area contributed by atoms with Crippen molar-refractivity contribution in [2.45, 2.75) is 51.5 Å². The van der Waals surface area contributed by atoms with Gasteiger partial charge in [-0.2, -0.15) is 0 Å². The van der Waals surface area contributed by atoms with Gasteiger partial charge in [0, 0.05) is 38.1 Å². The van der Waals surface area contributed by atoms with Gasteiger partial charge in [0.2, 0.25) is 0 Å². The highest BCUT2D eigenvalue weighted by Crippen LogP contribution is 2.22. The number of piperidine rings is 1. The molecule has 116 valence electrons. The number of morpholine rings is 1. The van der Waals surface area contributed by atoms with Crippen molar-refractivity contribution in [1.29, 1.82) is 0 Å². The van der Waals surface area contributed by atoms with Gasteiger partial charge in [-0.1, -0.05) is 0 Å². The molecule has 0 unspecified atom stereocenters. The standard InChI is InChI=1S/C17H27N3O/c1-14-11-20(12-15(2)21-14)17-5-9-19(10-6-17)13-16-3-7-18-8-4-16/h3-4,7-8,14-15,17H,5-6,9-13H2,1-2H3/t14-,15+. The molecule has 1 aromatic heterocycles. The van der Waals surface area contributed by atoms with Crippen LogP contribution in [0.4, 0.5) is 0 Å². The van der Waals surface area contributed by atoms with Gasteiger partial charge < -0.3 is 4.74 Å². The van der Waals surface area contributed by atoms with E-state index in [1.807, 2.05) is 12.4 Å². The minimum atomic E-state index is 0.378. The van der Waals surface area contributed by atoms with Crippen LogP contribution in [0.2, 0.25) is 0 Å². The van der Waals surface area contributed by atoms with E-state index in [0.717, 1.165) is 25.7 Å². The first-order chi connectivity index (χ1) is 10.2. The molecule has 2 atom stereocenters. The summed E-state index contributed by atoms with van der Waals surface area (Å²) in [7, 11) is 0. The van der Waals surface area contributed by atoms with Crippen molar-refractivity contribution in [3.63, 3.8) is 0 Å². The lowest BCUT2D eigenvalue weighted by Gasteiger charge is -2.43. The summed E-state index contributed by atoms with van der Waals surface area (Å²) in [5.41, 5.74) is 1.37. The van der Waals surface area contributed by atoms with Gasteiger partial charge in [-0.15, -0.1) is 0 Å².